The van der Waals surface area contributed by atoms with Crippen LogP contribution in [0.15, 0.2) is 131 Å². The molecular formula is C49H51Cl2F2N3O7S2. The van der Waals surface area contributed by atoms with Crippen molar-refractivity contribution < 1.29 is 40.3 Å². The summed E-state index contributed by atoms with van der Waals surface area (Å²) in [6, 6.07) is 28.6. The van der Waals surface area contributed by atoms with Crippen LogP contribution < -0.4 is 4.90 Å². The smallest absolute Gasteiger partial charge is 0.354 e. The third kappa shape index (κ3) is 14.2. The normalized spacial score (nSPS) is 11.7. The Balaban J connectivity index is 0.000000245. The number of amides is 1. The van der Waals surface area contributed by atoms with E-state index in [1.54, 1.807) is 54.6 Å². The molecule has 1 amide bonds. The molecule has 344 valence electrons. The Morgan fingerprint density at radius 1 is 0.615 bits per heavy atom. The van der Waals surface area contributed by atoms with E-state index in [1.807, 2.05) is 54.5 Å². The summed E-state index contributed by atoms with van der Waals surface area (Å²) in [6.07, 6.45) is 3.21. The van der Waals surface area contributed by atoms with Crippen molar-refractivity contribution in [2.75, 3.05) is 11.9 Å². The SMILES string of the molecule is CC(C)(C)c1ccc(S(=O)(=O)Cc2cc(Cl)cnc2C(=O)O)cc1.CCc1ccccc1F.CN(C(=O)c1ncc(Cl)cc1CS(=O)(=O)c1ccc(C(C)(C)C)cc1)c1ccccc1F. The van der Waals surface area contributed by atoms with Crippen molar-refractivity contribution in [2.24, 2.45) is 0 Å². The van der Waals surface area contributed by atoms with E-state index in [0.29, 0.717) is 0 Å². The highest BCUT2D eigenvalue weighted by Crippen LogP contribution is 2.29. The second kappa shape index (κ2) is 21.6. The summed E-state index contributed by atoms with van der Waals surface area (Å²) >= 11 is 11.9. The highest BCUT2D eigenvalue weighted by molar-refractivity contribution is 7.91. The van der Waals surface area contributed by atoms with E-state index in [2.05, 4.69) is 9.97 Å². The molecule has 65 heavy (non-hydrogen) atoms. The number of carbonyl (C=O) groups is 2. The average Bonchev–Trinajstić information content (AvgIpc) is 3.23. The standard InChI is InChI=1S/C24H24ClFN2O3S.C17H18ClNO4S.C8H9F/c1-24(2,3)17-9-11-19(12-10-17)32(30,31)15-16-13-18(25)14-27-22(16)23(29)28(4)21-8-6-5-7-20(21)26;1-17(2,3)12-4-6-14(7-5-12)24(22,23)10-11-8-13(18)9-19-15(11)16(20)21;1-2-7-5-3-4-6-8(7)9/h5-14H,15H2,1-4H3;4-9H,10H2,1-3H3,(H,20,21);3-6H,2H2,1H3. The van der Waals surface area contributed by atoms with Crippen molar-refractivity contribution in [2.45, 2.75) is 87.0 Å². The van der Waals surface area contributed by atoms with Gasteiger partial charge in [-0.25, -0.2) is 40.4 Å². The molecule has 0 spiro atoms. The van der Waals surface area contributed by atoms with E-state index in [9.17, 15) is 35.2 Å². The van der Waals surface area contributed by atoms with Crippen LogP contribution in [0.25, 0.3) is 0 Å². The molecule has 0 bridgehead atoms. The average molecular weight is 967 g/mol. The molecular weight excluding hydrogens is 916 g/mol. The van der Waals surface area contributed by atoms with Gasteiger partial charge in [0.05, 0.1) is 37.0 Å². The van der Waals surface area contributed by atoms with Crippen molar-refractivity contribution in [1.29, 1.82) is 0 Å². The van der Waals surface area contributed by atoms with Gasteiger partial charge in [-0.05, 0) is 88.5 Å². The number of para-hydroxylation sites is 1. The number of halogens is 4. The molecule has 1 N–H and O–H groups in total. The Morgan fingerprint density at radius 3 is 1.40 bits per heavy atom. The number of carboxylic acid groups (broad SMARTS) is 1. The number of hydrogen-bond donors (Lipinski definition) is 1. The lowest BCUT2D eigenvalue weighted by Gasteiger charge is -2.20. The third-order valence-electron chi connectivity index (χ3n) is 9.98. The number of pyridine rings is 2. The third-order valence-corrected chi connectivity index (χ3v) is 13.8. The van der Waals surface area contributed by atoms with E-state index in [-0.39, 0.29) is 64.7 Å². The molecule has 6 aromatic rings. The molecule has 10 nitrogen and oxygen atoms in total. The number of hydrogen-bond acceptors (Lipinski definition) is 8. The fourth-order valence-corrected chi connectivity index (χ4v) is 9.30. The molecule has 0 aliphatic rings. The van der Waals surface area contributed by atoms with Crippen LogP contribution in [0.1, 0.15) is 97.3 Å². The van der Waals surface area contributed by atoms with Gasteiger partial charge in [0.1, 0.15) is 17.3 Å². The highest BCUT2D eigenvalue weighted by atomic mass is 35.5. The summed E-state index contributed by atoms with van der Waals surface area (Å²) in [5.74, 6) is -3.55. The molecule has 4 aromatic carbocycles. The van der Waals surface area contributed by atoms with Crippen molar-refractivity contribution >= 4 is 60.4 Å². The van der Waals surface area contributed by atoms with Crippen LogP contribution >= 0.6 is 23.2 Å². The first-order chi connectivity index (χ1) is 30.2. The maximum atomic E-state index is 14.2. The highest BCUT2D eigenvalue weighted by Gasteiger charge is 2.26. The zero-order valence-electron chi connectivity index (χ0n) is 37.2. The van der Waals surface area contributed by atoms with Crippen LogP contribution in [0, 0.1) is 11.6 Å². The van der Waals surface area contributed by atoms with Gasteiger partial charge >= 0.3 is 5.97 Å². The van der Waals surface area contributed by atoms with Crippen LogP contribution in [0.4, 0.5) is 14.5 Å². The molecule has 0 atom stereocenters. The van der Waals surface area contributed by atoms with Crippen molar-refractivity contribution in [3.05, 3.63) is 182 Å². The number of aromatic nitrogens is 2. The maximum Gasteiger partial charge on any atom is 0.354 e. The predicted molar refractivity (Wildman–Crippen MR) is 252 cm³/mol. The lowest BCUT2D eigenvalue weighted by atomic mass is 9.87. The van der Waals surface area contributed by atoms with Crippen molar-refractivity contribution in [3.63, 3.8) is 0 Å². The molecule has 0 aliphatic heterocycles. The summed E-state index contributed by atoms with van der Waals surface area (Å²) in [7, 11) is -6.10. The number of carbonyl (C=O) groups excluding carboxylic acids is 1. The predicted octanol–water partition coefficient (Wildman–Crippen LogP) is 11.5. The molecule has 0 radical (unpaired) electrons. The molecule has 2 aromatic heterocycles. The zero-order valence-corrected chi connectivity index (χ0v) is 40.4. The monoisotopic (exact) mass is 965 g/mol. The first-order valence-electron chi connectivity index (χ1n) is 20.2. The van der Waals surface area contributed by atoms with Crippen molar-refractivity contribution in [3.8, 4) is 0 Å². The molecule has 0 saturated carbocycles. The first kappa shape index (κ1) is 52.1. The van der Waals surface area contributed by atoms with Gasteiger partial charge < -0.3 is 10.0 Å². The van der Waals surface area contributed by atoms with E-state index in [4.69, 9.17) is 28.3 Å². The van der Waals surface area contributed by atoms with Crippen LogP contribution in [-0.2, 0) is 48.4 Å². The van der Waals surface area contributed by atoms with Crippen LogP contribution in [0.5, 0.6) is 0 Å². The lowest BCUT2D eigenvalue weighted by Crippen LogP contribution is -2.29. The molecule has 16 heteroatoms. The number of anilines is 1. The molecule has 6 rings (SSSR count). The molecule has 0 aliphatic carbocycles. The van der Waals surface area contributed by atoms with Crippen molar-refractivity contribution in [1.82, 2.24) is 9.97 Å². The number of sulfone groups is 2. The Morgan fingerprint density at radius 2 is 1.02 bits per heavy atom. The van der Waals surface area contributed by atoms with Gasteiger partial charge in [0.2, 0.25) is 0 Å². The number of aryl methyl sites for hydroxylation is 1. The van der Waals surface area contributed by atoms with E-state index in [0.717, 1.165) is 28.0 Å². The number of carboxylic acids is 1. The van der Waals surface area contributed by atoms with Gasteiger partial charge in [-0.2, -0.15) is 0 Å². The Labute approximate surface area is 390 Å². The second-order valence-corrected chi connectivity index (χ2v) is 21.8. The van der Waals surface area contributed by atoms with Gasteiger partial charge in [-0.15, -0.1) is 0 Å². The zero-order chi connectivity index (χ0) is 48.5. The molecule has 0 unspecified atom stereocenters. The molecule has 0 fully saturated rings. The largest absolute Gasteiger partial charge is 0.477 e. The summed E-state index contributed by atoms with van der Waals surface area (Å²) in [5, 5.41) is 9.54. The Kier molecular flexibility index (Phi) is 17.3. The molecule has 0 saturated heterocycles. The summed E-state index contributed by atoms with van der Waals surface area (Å²) in [4.78, 5) is 33.4. The van der Waals surface area contributed by atoms with Gasteiger partial charge in [0.15, 0.2) is 25.4 Å². The van der Waals surface area contributed by atoms with Crippen LogP contribution in [0.3, 0.4) is 0 Å². The van der Waals surface area contributed by atoms with E-state index < -0.39 is 48.9 Å². The minimum atomic E-state index is -3.79. The van der Waals surface area contributed by atoms with E-state index in [1.165, 1.54) is 68.0 Å². The summed E-state index contributed by atoms with van der Waals surface area (Å²) in [6.45, 7) is 14.2. The first-order valence-corrected chi connectivity index (χ1v) is 24.3. The van der Waals surface area contributed by atoms with Gasteiger partial charge in [0.25, 0.3) is 5.91 Å². The Bertz CT molecular complexity index is 2870. The Hall–Kier alpha value is -5.54. The van der Waals surface area contributed by atoms with Gasteiger partial charge in [-0.3, -0.25) is 4.79 Å². The van der Waals surface area contributed by atoms with Gasteiger partial charge in [-0.1, -0.05) is 126 Å². The second-order valence-electron chi connectivity index (χ2n) is 17.0. The number of nitrogens with zero attached hydrogens (tertiary/aromatic N) is 3. The van der Waals surface area contributed by atoms with Crippen LogP contribution in [-0.4, -0.2) is 50.8 Å². The summed E-state index contributed by atoms with van der Waals surface area (Å²) in [5.41, 5.74) is 2.45. The number of rotatable bonds is 10. The fourth-order valence-electron chi connectivity index (χ4n) is 6.25. The minimum Gasteiger partial charge on any atom is -0.477 e. The number of aromatic carboxylic acids is 1. The lowest BCUT2D eigenvalue weighted by molar-refractivity contribution is 0.0689. The van der Waals surface area contributed by atoms with Crippen LogP contribution in [0.2, 0.25) is 10.0 Å². The van der Waals surface area contributed by atoms with Gasteiger partial charge in [0, 0.05) is 30.6 Å². The quantitative estimate of drug-likeness (QED) is 0.141. The fraction of sp³-hybridized carbons (Fsp3) is 0.265. The topological polar surface area (TPSA) is 152 Å². The summed E-state index contributed by atoms with van der Waals surface area (Å²) < 4.78 is 78.1. The van der Waals surface area contributed by atoms with E-state index >= 15 is 0 Å². The minimum absolute atomic E-state index is 0.0563. The number of benzene rings is 4. The maximum absolute atomic E-state index is 14.2. The molecule has 2 heterocycles.